The molecule has 4 rings (SSSR count). The van der Waals surface area contributed by atoms with Crippen molar-refractivity contribution in [2.24, 2.45) is 0 Å². The number of nitrogens with one attached hydrogen (secondary N) is 2. The molecule has 0 aromatic heterocycles. The fraction of sp³-hybridized carbons (Fsp3) is 0.107. The van der Waals surface area contributed by atoms with Crippen LogP contribution in [0.4, 0.5) is 17.1 Å². The molecule has 0 aliphatic rings. The van der Waals surface area contributed by atoms with Crippen LogP contribution >= 0.6 is 23.2 Å². The minimum Gasteiger partial charge on any atom is -0.325 e. The molecular weight excluding hydrogens is 593 g/mol. The molecule has 0 radical (unpaired) electrons. The molecule has 40 heavy (non-hydrogen) atoms. The molecule has 208 valence electrons. The number of hydrogen-bond acceptors (Lipinski definition) is 5. The summed E-state index contributed by atoms with van der Waals surface area (Å²) in [6.07, 6.45) is 0. The van der Waals surface area contributed by atoms with Gasteiger partial charge in [-0.15, -0.1) is 0 Å². The number of aryl methyl sites for hydroxylation is 2. The molecule has 4 aromatic carbocycles. The standard InChI is InChI=1S/C28H25Cl2N3O5S2/c1-19-8-9-22(16-20(19)2)32-39(35,36)24-13-10-21(11-14-24)31-28(34)18-33(23-12-15-26(29)27(30)17-23)40(37,38)25-6-4-3-5-7-25/h3-17,32H,18H2,1-2H3,(H,31,34). The lowest BCUT2D eigenvalue weighted by atomic mass is 10.1. The molecule has 0 saturated heterocycles. The van der Waals surface area contributed by atoms with Gasteiger partial charge in [-0.25, -0.2) is 16.8 Å². The molecule has 0 spiro atoms. The molecule has 8 nitrogen and oxygen atoms in total. The van der Waals surface area contributed by atoms with Gasteiger partial charge in [-0.2, -0.15) is 0 Å². The van der Waals surface area contributed by atoms with E-state index in [1.54, 1.807) is 30.3 Å². The number of benzene rings is 4. The Balaban J connectivity index is 1.53. The van der Waals surface area contributed by atoms with Gasteiger partial charge in [0, 0.05) is 11.4 Å². The quantitative estimate of drug-likeness (QED) is 0.231. The summed E-state index contributed by atoms with van der Waals surface area (Å²) >= 11 is 12.1. The molecule has 0 unspecified atom stereocenters. The lowest BCUT2D eigenvalue weighted by molar-refractivity contribution is -0.114. The second kappa shape index (κ2) is 11.9. The highest BCUT2D eigenvalue weighted by atomic mass is 35.5. The summed E-state index contributed by atoms with van der Waals surface area (Å²) < 4.78 is 56.1. The molecule has 12 heteroatoms. The Morgan fingerprint density at radius 3 is 2.00 bits per heavy atom. The Morgan fingerprint density at radius 1 is 0.725 bits per heavy atom. The van der Waals surface area contributed by atoms with Crippen molar-refractivity contribution in [3.05, 3.63) is 112 Å². The van der Waals surface area contributed by atoms with Crippen molar-refractivity contribution in [3.8, 4) is 0 Å². The molecule has 4 aromatic rings. The van der Waals surface area contributed by atoms with E-state index in [4.69, 9.17) is 23.2 Å². The van der Waals surface area contributed by atoms with Crippen LogP contribution in [0.3, 0.4) is 0 Å². The van der Waals surface area contributed by atoms with E-state index < -0.39 is 32.5 Å². The van der Waals surface area contributed by atoms with Crippen molar-refractivity contribution in [1.29, 1.82) is 0 Å². The van der Waals surface area contributed by atoms with Crippen LogP contribution in [0.5, 0.6) is 0 Å². The number of carbonyl (C=O) groups is 1. The third-order valence-corrected chi connectivity index (χ3v) is 9.94. The van der Waals surface area contributed by atoms with Gasteiger partial charge in [0.05, 0.1) is 25.5 Å². The molecule has 1 amide bonds. The van der Waals surface area contributed by atoms with Crippen molar-refractivity contribution in [2.75, 3.05) is 20.9 Å². The normalized spacial score (nSPS) is 11.6. The third kappa shape index (κ3) is 6.76. The zero-order valence-corrected chi connectivity index (χ0v) is 24.6. The molecule has 0 aliphatic heterocycles. The van der Waals surface area contributed by atoms with E-state index in [1.165, 1.54) is 54.6 Å². The second-order valence-electron chi connectivity index (χ2n) is 8.90. The Kier molecular flexibility index (Phi) is 8.74. The number of hydrogen-bond donors (Lipinski definition) is 2. The fourth-order valence-electron chi connectivity index (χ4n) is 3.74. The smallest absolute Gasteiger partial charge is 0.264 e. The van der Waals surface area contributed by atoms with Gasteiger partial charge in [0.15, 0.2) is 0 Å². The topological polar surface area (TPSA) is 113 Å². The van der Waals surface area contributed by atoms with Gasteiger partial charge < -0.3 is 5.32 Å². The average molecular weight is 619 g/mol. The number of sulfonamides is 2. The summed E-state index contributed by atoms with van der Waals surface area (Å²) in [5.41, 5.74) is 2.84. The van der Waals surface area contributed by atoms with Crippen LogP contribution < -0.4 is 14.3 Å². The van der Waals surface area contributed by atoms with Gasteiger partial charge in [0.2, 0.25) is 5.91 Å². The van der Waals surface area contributed by atoms with E-state index in [1.807, 2.05) is 19.9 Å². The maximum absolute atomic E-state index is 13.5. The molecule has 0 fully saturated rings. The van der Waals surface area contributed by atoms with E-state index in [9.17, 15) is 21.6 Å². The zero-order chi connectivity index (χ0) is 29.1. The van der Waals surface area contributed by atoms with Crippen LogP contribution in [0.2, 0.25) is 10.0 Å². The van der Waals surface area contributed by atoms with Crippen LogP contribution in [0.1, 0.15) is 11.1 Å². The van der Waals surface area contributed by atoms with Gasteiger partial charge in [0.1, 0.15) is 6.54 Å². The van der Waals surface area contributed by atoms with Crippen LogP contribution in [-0.4, -0.2) is 29.3 Å². The second-order valence-corrected chi connectivity index (χ2v) is 13.3. The number of carbonyl (C=O) groups excluding carboxylic acids is 1. The Hall–Kier alpha value is -3.57. The first-order chi connectivity index (χ1) is 18.9. The number of rotatable bonds is 9. The summed E-state index contributed by atoms with van der Waals surface area (Å²) in [7, 11) is -8.02. The largest absolute Gasteiger partial charge is 0.325 e. The Morgan fingerprint density at radius 2 is 1.38 bits per heavy atom. The minimum atomic E-state index is -4.15. The van der Waals surface area contributed by atoms with E-state index in [0.29, 0.717) is 5.69 Å². The van der Waals surface area contributed by atoms with Gasteiger partial charge >= 0.3 is 0 Å². The molecular formula is C28H25Cl2N3O5S2. The Bertz CT molecular complexity index is 1760. The summed E-state index contributed by atoms with van der Waals surface area (Å²) in [6, 6.07) is 22.7. The predicted octanol–water partition coefficient (Wildman–Crippen LogP) is 6.25. The predicted molar refractivity (Wildman–Crippen MR) is 159 cm³/mol. The maximum atomic E-state index is 13.5. The van der Waals surface area contributed by atoms with Crippen molar-refractivity contribution in [3.63, 3.8) is 0 Å². The third-order valence-electron chi connectivity index (χ3n) is 6.02. The highest BCUT2D eigenvalue weighted by molar-refractivity contribution is 7.93. The summed E-state index contributed by atoms with van der Waals surface area (Å²) in [5, 5.41) is 2.97. The van der Waals surface area contributed by atoms with E-state index in [2.05, 4.69) is 10.0 Å². The molecule has 0 aliphatic carbocycles. The SMILES string of the molecule is Cc1ccc(NS(=O)(=O)c2ccc(NC(=O)CN(c3ccc(Cl)c(Cl)c3)S(=O)(=O)c3ccccc3)cc2)cc1C. The molecule has 0 bridgehead atoms. The first kappa shape index (κ1) is 29.4. The lowest BCUT2D eigenvalue weighted by Crippen LogP contribution is -2.38. The lowest BCUT2D eigenvalue weighted by Gasteiger charge is -2.24. The van der Waals surface area contributed by atoms with Crippen molar-refractivity contribution < 1.29 is 21.6 Å². The molecule has 2 N–H and O–H groups in total. The van der Waals surface area contributed by atoms with Crippen LogP contribution in [-0.2, 0) is 24.8 Å². The number of anilines is 3. The first-order valence-electron chi connectivity index (χ1n) is 11.9. The minimum absolute atomic E-state index is 0.00665. The molecule has 0 saturated carbocycles. The first-order valence-corrected chi connectivity index (χ1v) is 15.6. The van der Waals surface area contributed by atoms with Crippen LogP contribution in [0.15, 0.2) is 101 Å². The van der Waals surface area contributed by atoms with Crippen LogP contribution in [0.25, 0.3) is 0 Å². The van der Waals surface area contributed by atoms with Gasteiger partial charge in [-0.05, 0) is 91.7 Å². The number of amides is 1. The number of nitrogens with zero attached hydrogens (tertiary/aromatic N) is 1. The highest BCUT2D eigenvalue weighted by Gasteiger charge is 2.28. The van der Waals surface area contributed by atoms with E-state index in [-0.39, 0.29) is 31.2 Å². The van der Waals surface area contributed by atoms with Gasteiger partial charge in [-0.3, -0.25) is 13.8 Å². The zero-order valence-electron chi connectivity index (χ0n) is 21.4. The van der Waals surface area contributed by atoms with E-state index >= 15 is 0 Å². The fourth-order valence-corrected chi connectivity index (χ4v) is 6.52. The number of halogens is 2. The summed E-state index contributed by atoms with van der Waals surface area (Å²) in [4.78, 5) is 13.0. The van der Waals surface area contributed by atoms with Crippen molar-refractivity contribution in [1.82, 2.24) is 0 Å². The summed E-state index contributed by atoms with van der Waals surface area (Å²) in [6.45, 7) is 3.24. The molecule has 0 heterocycles. The molecule has 0 atom stereocenters. The van der Waals surface area contributed by atoms with Gasteiger partial charge in [-0.1, -0.05) is 47.5 Å². The van der Waals surface area contributed by atoms with Crippen molar-refractivity contribution in [2.45, 2.75) is 23.6 Å². The Labute approximate surface area is 243 Å². The van der Waals surface area contributed by atoms with Crippen molar-refractivity contribution >= 4 is 66.2 Å². The summed E-state index contributed by atoms with van der Waals surface area (Å²) in [5.74, 6) is -0.658. The highest BCUT2D eigenvalue weighted by Crippen LogP contribution is 2.30. The monoisotopic (exact) mass is 617 g/mol. The van der Waals surface area contributed by atoms with Gasteiger partial charge in [0.25, 0.3) is 20.0 Å². The van der Waals surface area contributed by atoms with Crippen LogP contribution in [0, 0.1) is 13.8 Å². The maximum Gasteiger partial charge on any atom is 0.264 e. The van der Waals surface area contributed by atoms with E-state index in [0.717, 1.165) is 15.4 Å². The average Bonchev–Trinajstić information content (AvgIpc) is 2.91.